The van der Waals surface area contributed by atoms with Crippen LogP contribution in [-0.4, -0.2) is 0 Å². The number of fused-ring (bicyclic) bond motifs is 6. The van der Waals surface area contributed by atoms with E-state index in [1.54, 1.807) is 0 Å². The third kappa shape index (κ3) is 4.92. The SMILES string of the molecule is C1=CC2=C(CC1)C(c1ccccc1)(c1ccccc1)c1cc(N(c3cccc(-c4cccc5c4sc4ccccc45)c3)c3cccc4ccccc34)ccc12. The second-order valence-corrected chi connectivity index (χ2v) is 15.8. The van der Waals surface area contributed by atoms with Gasteiger partial charge in [0.25, 0.3) is 0 Å². The molecule has 2 aliphatic carbocycles. The van der Waals surface area contributed by atoms with Crippen LogP contribution < -0.4 is 4.90 Å². The third-order valence-corrected chi connectivity index (χ3v) is 13.0. The van der Waals surface area contributed by atoms with Gasteiger partial charge in [-0.05, 0) is 99.2 Å². The van der Waals surface area contributed by atoms with Crippen molar-refractivity contribution in [1.29, 1.82) is 0 Å². The third-order valence-electron chi connectivity index (χ3n) is 11.8. The molecule has 0 fully saturated rings. The van der Waals surface area contributed by atoms with Gasteiger partial charge in [-0.2, -0.15) is 0 Å². The Balaban J connectivity index is 1.17. The van der Waals surface area contributed by atoms with Crippen LogP contribution in [0.25, 0.3) is 47.6 Å². The summed E-state index contributed by atoms with van der Waals surface area (Å²) in [7, 11) is 0. The first kappa shape index (κ1) is 32.0. The van der Waals surface area contributed by atoms with Gasteiger partial charge in [-0.1, -0.05) is 164 Å². The maximum atomic E-state index is 2.50. The molecule has 260 valence electrons. The van der Waals surface area contributed by atoms with E-state index in [1.165, 1.54) is 75.5 Å². The summed E-state index contributed by atoms with van der Waals surface area (Å²) in [6.45, 7) is 0. The molecule has 0 N–H and O–H groups in total. The van der Waals surface area contributed by atoms with E-state index < -0.39 is 5.41 Å². The lowest BCUT2D eigenvalue weighted by Gasteiger charge is -2.37. The smallest absolute Gasteiger partial charge is 0.0677 e. The molecule has 9 aromatic rings. The molecule has 0 atom stereocenters. The average molecular weight is 720 g/mol. The van der Waals surface area contributed by atoms with Crippen LogP contribution in [0.2, 0.25) is 0 Å². The fourth-order valence-corrected chi connectivity index (χ4v) is 10.7. The van der Waals surface area contributed by atoms with Crippen LogP contribution in [0.3, 0.4) is 0 Å². The first-order valence-electron chi connectivity index (χ1n) is 19.2. The highest BCUT2D eigenvalue weighted by atomic mass is 32.1. The van der Waals surface area contributed by atoms with Gasteiger partial charge in [0.2, 0.25) is 0 Å². The van der Waals surface area contributed by atoms with Crippen LogP contribution in [0.4, 0.5) is 17.1 Å². The molecule has 1 heterocycles. The largest absolute Gasteiger partial charge is 0.310 e. The van der Waals surface area contributed by atoms with Gasteiger partial charge in [0.05, 0.1) is 11.1 Å². The van der Waals surface area contributed by atoms with Crippen LogP contribution in [0, 0.1) is 0 Å². The fourth-order valence-electron chi connectivity index (χ4n) is 9.50. The standard InChI is InChI=1S/C53H37NS/c1-3-19-38(20-4-1)53(39-21-5-2-6-22-39)48-29-11-9-25-44(48)45-33-32-41(35-49(45)53)54(50-30-14-17-36-16-7-8-24-42(36)50)40-23-13-18-37(34-40)43-27-15-28-47-46-26-10-12-31-51(46)55-52(43)47/h1-10,12-28,30-35H,11,29H2. The molecule has 8 aromatic carbocycles. The second-order valence-electron chi connectivity index (χ2n) is 14.7. The van der Waals surface area contributed by atoms with E-state index in [0.29, 0.717) is 0 Å². The first-order chi connectivity index (χ1) is 27.3. The second kappa shape index (κ2) is 12.8. The van der Waals surface area contributed by atoms with Crippen LogP contribution in [0.5, 0.6) is 0 Å². The van der Waals surface area contributed by atoms with Gasteiger partial charge in [-0.25, -0.2) is 0 Å². The Bertz CT molecular complexity index is 2940. The topological polar surface area (TPSA) is 3.24 Å². The summed E-state index contributed by atoms with van der Waals surface area (Å²) in [6.07, 6.45) is 6.81. The van der Waals surface area contributed by atoms with E-state index in [0.717, 1.165) is 29.9 Å². The van der Waals surface area contributed by atoms with Crippen molar-refractivity contribution in [2.24, 2.45) is 0 Å². The molecule has 0 bridgehead atoms. The maximum Gasteiger partial charge on any atom is 0.0677 e. The number of hydrogen-bond donors (Lipinski definition) is 0. The van der Waals surface area contributed by atoms with E-state index in [1.807, 2.05) is 11.3 Å². The summed E-state index contributed by atoms with van der Waals surface area (Å²) >= 11 is 1.89. The molecule has 0 saturated carbocycles. The Morgan fingerprint density at radius 2 is 1.18 bits per heavy atom. The lowest BCUT2D eigenvalue weighted by molar-refractivity contribution is 0.696. The molecular weight excluding hydrogens is 683 g/mol. The van der Waals surface area contributed by atoms with Gasteiger partial charge >= 0.3 is 0 Å². The highest BCUT2D eigenvalue weighted by Crippen LogP contribution is 2.58. The highest BCUT2D eigenvalue weighted by molar-refractivity contribution is 7.26. The molecule has 0 unspecified atom stereocenters. The zero-order valence-electron chi connectivity index (χ0n) is 30.3. The number of anilines is 3. The molecule has 1 nitrogen and oxygen atoms in total. The number of allylic oxidation sites excluding steroid dienone is 4. The van der Waals surface area contributed by atoms with Crippen molar-refractivity contribution in [3.05, 3.63) is 228 Å². The zero-order valence-corrected chi connectivity index (χ0v) is 31.1. The van der Waals surface area contributed by atoms with Gasteiger partial charge in [0.1, 0.15) is 0 Å². The van der Waals surface area contributed by atoms with Crippen LogP contribution in [-0.2, 0) is 5.41 Å². The number of rotatable bonds is 6. The molecule has 2 heteroatoms. The monoisotopic (exact) mass is 719 g/mol. The van der Waals surface area contributed by atoms with Crippen molar-refractivity contribution < 1.29 is 0 Å². The van der Waals surface area contributed by atoms with E-state index in [9.17, 15) is 0 Å². The minimum Gasteiger partial charge on any atom is -0.310 e. The van der Waals surface area contributed by atoms with Crippen LogP contribution in [0.15, 0.2) is 206 Å². The zero-order chi connectivity index (χ0) is 36.3. The Kier molecular flexibility index (Phi) is 7.46. The molecule has 0 aliphatic heterocycles. The maximum absolute atomic E-state index is 2.50. The van der Waals surface area contributed by atoms with E-state index in [2.05, 4.69) is 205 Å². The Labute approximate surface area is 325 Å². The van der Waals surface area contributed by atoms with Gasteiger partial charge < -0.3 is 4.90 Å². The Morgan fingerprint density at radius 1 is 0.509 bits per heavy atom. The summed E-state index contributed by atoms with van der Waals surface area (Å²) < 4.78 is 2.65. The Morgan fingerprint density at radius 3 is 2.02 bits per heavy atom. The lowest BCUT2D eigenvalue weighted by Crippen LogP contribution is -2.30. The summed E-state index contributed by atoms with van der Waals surface area (Å²) in [5.41, 5.74) is 13.7. The molecule has 0 amide bonds. The van der Waals surface area contributed by atoms with Gasteiger partial charge in [-0.3, -0.25) is 0 Å². The van der Waals surface area contributed by atoms with Gasteiger partial charge in [-0.15, -0.1) is 11.3 Å². The fraction of sp³-hybridized carbons (Fsp3) is 0.0566. The van der Waals surface area contributed by atoms with Gasteiger partial charge in [0.15, 0.2) is 0 Å². The summed E-state index contributed by atoms with van der Waals surface area (Å²) in [6, 6.07) is 69.8. The number of hydrogen-bond acceptors (Lipinski definition) is 2. The van der Waals surface area contributed by atoms with Crippen molar-refractivity contribution in [2.45, 2.75) is 18.3 Å². The predicted molar refractivity (Wildman–Crippen MR) is 235 cm³/mol. The minimum absolute atomic E-state index is 0.406. The van der Waals surface area contributed by atoms with Crippen molar-refractivity contribution in [2.75, 3.05) is 4.90 Å². The number of thiophene rings is 1. The lowest BCUT2D eigenvalue weighted by atomic mass is 9.65. The minimum atomic E-state index is -0.406. The number of benzene rings is 8. The van der Waals surface area contributed by atoms with Crippen molar-refractivity contribution in [1.82, 2.24) is 0 Å². The van der Waals surface area contributed by atoms with Crippen LogP contribution >= 0.6 is 11.3 Å². The Hall–Kier alpha value is -6.48. The van der Waals surface area contributed by atoms with Crippen molar-refractivity contribution >= 4 is 64.9 Å². The van der Waals surface area contributed by atoms with E-state index >= 15 is 0 Å². The van der Waals surface area contributed by atoms with E-state index in [4.69, 9.17) is 0 Å². The van der Waals surface area contributed by atoms with Gasteiger partial charge in [0, 0.05) is 36.9 Å². The van der Waals surface area contributed by atoms with E-state index in [-0.39, 0.29) is 0 Å². The molecule has 11 rings (SSSR count). The molecule has 55 heavy (non-hydrogen) atoms. The number of nitrogens with zero attached hydrogens (tertiary/aromatic N) is 1. The van der Waals surface area contributed by atoms with Crippen molar-refractivity contribution in [3.63, 3.8) is 0 Å². The molecule has 0 spiro atoms. The van der Waals surface area contributed by atoms with Crippen molar-refractivity contribution in [3.8, 4) is 11.1 Å². The molecule has 0 saturated heterocycles. The highest BCUT2D eigenvalue weighted by Gasteiger charge is 2.47. The predicted octanol–water partition coefficient (Wildman–Crippen LogP) is 14.8. The average Bonchev–Trinajstić information content (AvgIpc) is 3.79. The first-order valence-corrected chi connectivity index (χ1v) is 20.1. The molecular formula is C53H37NS. The molecule has 0 radical (unpaired) electrons. The quantitative estimate of drug-likeness (QED) is 0.165. The normalized spacial score (nSPS) is 14.4. The molecule has 2 aliphatic rings. The summed E-state index contributed by atoms with van der Waals surface area (Å²) in [4.78, 5) is 2.49. The summed E-state index contributed by atoms with van der Waals surface area (Å²) in [5, 5.41) is 5.09. The van der Waals surface area contributed by atoms with Crippen LogP contribution in [0.1, 0.15) is 35.1 Å². The summed E-state index contributed by atoms with van der Waals surface area (Å²) in [5.74, 6) is 0. The molecule has 1 aromatic heterocycles.